The van der Waals surface area contributed by atoms with Crippen LogP contribution in [-0.4, -0.2) is 23.2 Å². The molecule has 0 unspecified atom stereocenters. The minimum Gasteiger partial charge on any atom is -0.398 e. The molecule has 25 heavy (non-hydrogen) atoms. The van der Waals surface area contributed by atoms with Gasteiger partial charge in [0.1, 0.15) is 0 Å². The normalized spacial score (nSPS) is 18.2. The molecule has 1 amide bonds. The van der Waals surface area contributed by atoms with Crippen LogP contribution >= 0.6 is 0 Å². The van der Waals surface area contributed by atoms with Crippen molar-refractivity contribution in [1.82, 2.24) is 0 Å². The smallest absolute Gasteiger partial charge is 0.270 e. The van der Waals surface area contributed by atoms with Crippen LogP contribution in [-0.2, 0) is 0 Å². The van der Waals surface area contributed by atoms with Crippen LogP contribution < -0.4 is 10.6 Å². The van der Waals surface area contributed by atoms with Crippen LogP contribution in [0.2, 0.25) is 0 Å². The number of nitro benzene ring substituents is 1. The lowest BCUT2D eigenvalue weighted by Crippen LogP contribution is -2.30. The Morgan fingerprint density at radius 3 is 2.84 bits per heavy atom. The molecule has 7 nitrogen and oxygen atoms in total. The molecule has 1 atom stereocenters. The Balaban J connectivity index is 1.79. The molecule has 0 saturated carbocycles. The molecular formula is C18H15N3O4. The van der Waals surface area contributed by atoms with Crippen molar-refractivity contribution in [1.29, 1.82) is 0 Å². The van der Waals surface area contributed by atoms with Crippen molar-refractivity contribution in [2.24, 2.45) is 0 Å². The van der Waals surface area contributed by atoms with E-state index in [2.05, 4.69) is 0 Å². The van der Waals surface area contributed by atoms with E-state index in [0.29, 0.717) is 30.6 Å². The fraction of sp³-hybridized carbons (Fsp3) is 0.222. The minimum absolute atomic E-state index is 0.0947. The van der Waals surface area contributed by atoms with Crippen LogP contribution in [0.1, 0.15) is 45.0 Å². The van der Waals surface area contributed by atoms with Gasteiger partial charge in [-0.1, -0.05) is 12.1 Å². The number of hydrogen-bond acceptors (Lipinski definition) is 5. The summed E-state index contributed by atoms with van der Waals surface area (Å²) in [5.74, 6) is -0.165. The lowest BCUT2D eigenvalue weighted by atomic mass is 9.83. The average Bonchev–Trinajstić information content (AvgIpc) is 2.98. The fourth-order valence-corrected chi connectivity index (χ4v) is 3.73. The number of carbonyl (C=O) groups is 2. The van der Waals surface area contributed by atoms with Crippen LogP contribution in [0.25, 0.3) is 0 Å². The third-order valence-corrected chi connectivity index (χ3v) is 4.93. The Labute approximate surface area is 143 Å². The lowest BCUT2D eigenvalue weighted by molar-refractivity contribution is -0.384. The maximum Gasteiger partial charge on any atom is 0.270 e. The van der Waals surface area contributed by atoms with E-state index in [1.54, 1.807) is 17.0 Å². The number of benzene rings is 2. The summed E-state index contributed by atoms with van der Waals surface area (Å²) in [4.78, 5) is 37.2. The summed E-state index contributed by atoms with van der Waals surface area (Å²) in [5.41, 5.74) is 8.30. The third kappa shape index (κ3) is 2.27. The first-order valence-corrected chi connectivity index (χ1v) is 7.99. The van der Waals surface area contributed by atoms with Gasteiger partial charge in [0.2, 0.25) is 0 Å². The molecule has 2 aromatic rings. The molecule has 0 fully saturated rings. The zero-order chi connectivity index (χ0) is 17.7. The van der Waals surface area contributed by atoms with Crippen molar-refractivity contribution in [2.45, 2.75) is 18.8 Å². The first kappa shape index (κ1) is 15.3. The summed E-state index contributed by atoms with van der Waals surface area (Å²) < 4.78 is 0. The maximum atomic E-state index is 13.0. The van der Waals surface area contributed by atoms with Crippen LogP contribution in [0.5, 0.6) is 0 Å². The largest absolute Gasteiger partial charge is 0.398 e. The standard InChI is InChI=1S/C18H15N3O4/c19-14-6-5-11(21(24)25)8-13(14)18(23)20-9-10-4-7-16(22)12-2-1-3-15(20)17(10)12/h1-3,5-6,8,10H,4,7,9,19H2/t10-/m0/s1. The number of hydrogen-bond donors (Lipinski definition) is 1. The average molecular weight is 337 g/mol. The first-order valence-electron chi connectivity index (χ1n) is 7.99. The summed E-state index contributed by atoms with van der Waals surface area (Å²) in [7, 11) is 0. The van der Waals surface area contributed by atoms with E-state index in [4.69, 9.17) is 5.73 Å². The Hall–Kier alpha value is -3.22. The Kier molecular flexibility index (Phi) is 3.31. The summed E-state index contributed by atoms with van der Waals surface area (Å²) in [5, 5.41) is 11.0. The molecule has 0 spiro atoms. The molecule has 2 aromatic carbocycles. The predicted molar refractivity (Wildman–Crippen MR) is 91.9 cm³/mol. The van der Waals surface area contributed by atoms with E-state index in [9.17, 15) is 19.7 Å². The van der Waals surface area contributed by atoms with Gasteiger partial charge in [-0.05, 0) is 24.1 Å². The molecule has 2 aliphatic rings. The minimum atomic E-state index is -0.554. The van der Waals surface area contributed by atoms with E-state index < -0.39 is 4.92 Å². The number of nitrogens with two attached hydrogens (primary N) is 1. The van der Waals surface area contributed by atoms with Gasteiger partial charge < -0.3 is 10.6 Å². The van der Waals surface area contributed by atoms with E-state index in [1.165, 1.54) is 18.2 Å². The predicted octanol–water partition coefficient (Wildman–Crippen LogP) is 2.90. The van der Waals surface area contributed by atoms with Gasteiger partial charge in [-0.2, -0.15) is 0 Å². The summed E-state index contributed by atoms with van der Waals surface area (Å²) in [6, 6.07) is 9.22. The maximum absolute atomic E-state index is 13.0. The first-order chi connectivity index (χ1) is 12.0. The van der Waals surface area contributed by atoms with E-state index in [-0.39, 0.29) is 34.5 Å². The van der Waals surface area contributed by atoms with Gasteiger partial charge >= 0.3 is 0 Å². The summed E-state index contributed by atoms with van der Waals surface area (Å²) in [6.45, 7) is 0.459. The molecule has 1 aliphatic heterocycles. The van der Waals surface area contributed by atoms with Gasteiger partial charge in [0.15, 0.2) is 5.78 Å². The van der Waals surface area contributed by atoms with Gasteiger partial charge in [-0.3, -0.25) is 19.7 Å². The third-order valence-electron chi connectivity index (χ3n) is 4.93. The lowest BCUT2D eigenvalue weighted by Gasteiger charge is -2.18. The zero-order valence-electron chi connectivity index (χ0n) is 13.3. The number of nitrogen functional groups attached to an aromatic ring is 1. The van der Waals surface area contributed by atoms with Crippen LogP contribution in [0.4, 0.5) is 17.1 Å². The molecule has 0 radical (unpaired) electrons. The Bertz CT molecular complexity index is 938. The SMILES string of the molecule is Nc1ccc([N+](=O)[O-])cc1C(=O)N1C[C@@H]2CCC(=O)c3cccc1c32. The van der Waals surface area contributed by atoms with E-state index in [1.807, 2.05) is 6.07 Å². The second-order valence-corrected chi connectivity index (χ2v) is 6.34. The zero-order valence-corrected chi connectivity index (χ0v) is 13.3. The molecular weight excluding hydrogens is 322 g/mol. The number of Topliss-reactive ketones (excluding diaryl/α,β-unsaturated/α-hetero) is 1. The molecule has 126 valence electrons. The van der Waals surface area contributed by atoms with Crippen molar-refractivity contribution < 1.29 is 14.5 Å². The number of anilines is 2. The topological polar surface area (TPSA) is 107 Å². The number of non-ortho nitro benzene ring substituents is 1. The van der Waals surface area contributed by atoms with Gasteiger partial charge in [0, 0.05) is 48.0 Å². The van der Waals surface area contributed by atoms with Crippen LogP contribution in [0, 0.1) is 10.1 Å². The van der Waals surface area contributed by atoms with Gasteiger partial charge in [0.05, 0.1) is 10.5 Å². The highest BCUT2D eigenvalue weighted by molar-refractivity contribution is 6.12. The molecule has 7 heteroatoms. The highest BCUT2D eigenvalue weighted by Gasteiger charge is 2.38. The number of ketones is 1. The molecule has 1 heterocycles. The van der Waals surface area contributed by atoms with Crippen LogP contribution in [0.15, 0.2) is 36.4 Å². The highest BCUT2D eigenvalue weighted by atomic mass is 16.6. The molecule has 2 N–H and O–H groups in total. The van der Waals surface area contributed by atoms with Crippen LogP contribution in [0.3, 0.4) is 0 Å². The van der Waals surface area contributed by atoms with E-state index in [0.717, 1.165) is 5.56 Å². The van der Waals surface area contributed by atoms with Gasteiger partial charge in [-0.25, -0.2) is 0 Å². The van der Waals surface area contributed by atoms with Crippen molar-refractivity contribution in [3.05, 3.63) is 63.2 Å². The molecule has 4 rings (SSSR count). The summed E-state index contributed by atoms with van der Waals surface area (Å²) in [6.07, 6.45) is 1.18. The van der Waals surface area contributed by atoms with Gasteiger partial charge in [0.25, 0.3) is 11.6 Å². The van der Waals surface area contributed by atoms with Crippen molar-refractivity contribution in [3.63, 3.8) is 0 Å². The Morgan fingerprint density at radius 2 is 2.08 bits per heavy atom. The number of nitro groups is 1. The van der Waals surface area contributed by atoms with Gasteiger partial charge in [-0.15, -0.1) is 0 Å². The second kappa shape index (κ2) is 5.41. The van der Waals surface area contributed by atoms with E-state index >= 15 is 0 Å². The van der Waals surface area contributed by atoms with Crippen molar-refractivity contribution in [3.8, 4) is 0 Å². The fourth-order valence-electron chi connectivity index (χ4n) is 3.73. The number of carbonyl (C=O) groups excluding carboxylic acids is 2. The van der Waals surface area contributed by atoms with Crippen molar-refractivity contribution in [2.75, 3.05) is 17.2 Å². The highest BCUT2D eigenvalue weighted by Crippen LogP contribution is 2.45. The second-order valence-electron chi connectivity index (χ2n) is 6.34. The molecule has 0 aromatic heterocycles. The molecule has 1 aliphatic carbocycles. The molecule has 0 bridgehead atoms. The summed E-state index contributed by atoms with van der Waals surface area (Å²) >= 11 is 0. The Morgan fingerprint density at radius 1 is 1.28 bits per heavy atom. The quantitative estimate of drug-likeness (QED) is 0.515. The number of rotatable bonds is 2. The van der Waals surface area contributed by atoms with Crippen molar-refractivity contribution >= 4 is 28.8 Å². The monoisotopic (exact) mass is 337 g/mol. The number of amides is 1. The number of nitrogens with zero attached hydrogens (tertiary/aromatic N) is 2. The molecule has 0 saturated heterocycles.